The Hall–Kier alpha value is 0.0500. The van der Waals surface area contributed by atoms with Crippen LogP contribution in [-0.4, -0.2) is 31.9 Å². The molecular formula is C12H16Br2N2O2S. The largest absolute Gasteiger partial charge is 0.327 e. The van der Waals surface area contributed by atoms with Gasteiger partial charge in [0.2, 0.25) is 10.0 Å². The van der Waals surface area contributed by atoms with Crippen molar-refractivity contribution in [2.24, 2.45) is 5.73 Å². The van der Waals surface area contributed by atoms with Crippen LogP contribution in [0, 0.1) is 6.92 Å². The summed E-state index contributed by atoms with van der Waals surface area (Å²) in [6.45, 7) is 2.84. The summed E-state index contributed by atoms with van der Waals surface area (Å²) in [4.78, 5) is 0.291. The topological polar surface area (TPSA) is 63.4 Å². The standard InChI is InChI=1S/C12H16Br2N2O2S/c1-8-5-11(14)12(6-10(8)13)19(17,18)16-4-2-3-9(15)7-16/h5-6,9H,2-4,7,15H2,1H3. The molecule has 1 aliphatic rings. The minimum absolute atomic E-state index is 0.0730. The molecule has 0 aromatic heterocycles. The molecule has 0 spiro atoms. The lowest BCUT2D eigenvalue weighted by Gasteiger charge is -2.30. The van der Waals surface area contributed by atoms with E-state index in [9.17, 15) is 8.42 Å². The number of piperidine rings is 1. The summed E-state index contributed by atoms with van der Waals surface area (Å²) >= 11 is 6.72. The summed E-state index contributed by atoms with van der Waals surface area (Å²) in [7, 11) is -3.49. The van der Waals surface area contributed by atoms with Crippen LogP contribution in [0.25, 0.3) is 0 Å². The number of hydrogen-bond donors (Lipinski definition) is 1. The van der Waals surface area contributed by atoms with E-state index < -0.39 is 10.0 Å². The van der Waals surface area contributed by atoms with Crippen LogP contribution in [0.4, 0.5) is 0 Å². The molecule has 1 saturated heterocycles. The van der Waals surface area contributed by atoms with Gasteiger partial charge in [-0.3, -0.25) is 0 Å². The van der Waals surface area contributed by atoms with Crippen LogP contribution in [-0.2, 0) is 10.0 Å². The molecule has 1 aromatic rings. The zero-order chi connectivity index (χ0) is 14.2. The molecule has 1 fully saturated rings. The maximum absolute atomic E-state index is 12.6. The summed E-state index contributed by atoms with van der Waals surface area (Å²) in [6, 6.07) is 3.38. The van der Waals surface area contributed by atoms with Crippen LogP contribution >= 0.6 is 31.9 Å². The third-order valence-electron chi connectivity index (χ3n) is 3.25. The zero-order valence-corrected chi connectivity index (χ0v) is 14.6. The van der Waals surface area contributed by atoms with Gasteiger partial charge in [-0.05, 0) is 53.4 Å². The number of rotatable bonds is 2. The Kier molecular flexibility index (Phi) is 4.72. The van der Waals surface area contributed by atoms with Gasteiger partial charge in [0, 0.05) is 28.1 Å². The lowest BCUT2D eigenvalue weighted by Crippen LogP contribution is -2.45. The van der Waals surface area contributed by atoms with Gasteiger partial charge in [-0.1, -0.05) is 15.9 Å². The summed E-state index contributed by atoms with van der Waals surface area (Å²) < 4.78 is 28.1. The Labute approximate surface area is 130 Å². The fraction of sp³-hybridized carbons (Fsp3) is 0.500. The van der Waals surface area contributed by atoms with Crippen molar-refractivity contribution in [2.75, 3.05) is 13.1 Å². The van der Waals surface area contributed by atoms with Gasteiger partial charge in [-0.15, -0.1) is 0 Å². The Morgan fingerprint density at radius 3 is 2.63 bits per heavy atom. The summed E-state index contributed by atoms with van der Waals surface area (Å²) in [5, 5.41) is 0. The Balaban J connectivity index is 2.42. The van der Waals surface area contributed by atoms with Gasteiger partial charge < -0.3 is 5.73 Å². The average molecular weight is 412 g/mol. The zero-order valence-electron chi connectivity index (χ0n) is 10.6. The van der Waals surface area contributed by atoms with Crippen molar-refractivity contribution in [2.45, 2.75) is 30.7 Å². The van der Waals surface area contributed by atoms with E-state index in [2.05, 4.69) is 31.9 Å². The van der Waals surface area contributed by atoms with Crippen molar-refractivity contribution in [3.05, 3.63) is 26.6 Å². The summed E-state index contributed by atoms with van der Waals surface area (Å²) in [5.41, 5.74) is 6.85. The van der Waals surface area contributed by atoms with Crippen molar-refractivity contribution in [1.82, 2.24) is 4.31 Å². The second kappa shape index (κ2) is 5.81. The molecule has 1 heterocycles. The Bertz CT molecular complexity index is 590. The van der Waals surface area contributed by atoms with E-state index in [4.69, 9.17) is 5.73 Å². The molecule has 19 heavy (non-hydrogen) atoms. The number of benzene rings is 1. The van der Waals surface area contributed by atoms with Gasteiger partial charge in [-0.2, -0.15) is 4.31 Å². The molecule has 1 aromatic carbocycles. The molecule has 2 N–H and O–H groups in total. The van der Waals surface area contributed by atoms with Gasteiger partial charge in [0.05, 0.1) is 4.90 Å². The quantitative estimate of drug-likeness (QED) is 0.813. The number of sulfonamides is 1. The van der Waals surface area contributed by atoms with Crippen molar-refractivity contribution in [3.63, 3.8) is 0 Å². The van der Waals surface area contributed by atoms with E-state index in [1.807, 2.05) is 6.92 Å². The molecule has 0 aliphatic carbocycles. The number of halogens is 2. The maximum atomic E-state index is 12.6. The molecule has 1 aliphatic heterocycles. The van der Waals surface area contributed by atoms with Gasteiger partial charge in [0.1, 0.15) is 0 Å². The molecule has 4 nitrogen and oxygen atoms in total. The lowest BCUT2D eigenvalue weighted by molar-refractivity contribution is 0.316. The van der Waals surface area contributed by atoms with Crippen molar-refractivity contribution in [3.8, 4) is 0 Å². The summed E-state index contributed by atoms with van der Waals surface area (Å²) in [5.74, 6) is 0. The van der Waals surface area contributed by atoms with Gasteiger partial charge in [0.25, 0.3) is 0 Å². The highest BCUT2D eigenvalue weighted by atomic mass is 79.9. The van der Waals surface area contributed by atoms with Crippen LogP contribution in [0.5, 0.6) is 0 Å². The van der Waals surface area contributed by atoms with Crippen LogP contribution < -0.4 is 5.73 Å². The maximum Gasteiger partial charge on any atom is 0.244 e. The van der Waals surface area contributed by atoms with Crippen LogP contribution in [0.3, 0.4) is 0 Å². The molecule has 0 bridgehead atoms. The number of nitrogens with zero attached hydrogens (tertiary/aromatic N) is 1. The lowest BCUT2D eigenvalue weighted by atomic mass is 10.1. The fourth-order valence-electron chi connectivity index (χ4n) is 2.16. The highest BCUT2D eigenvalue weighted by Crippen LogP contribution is 2.31. The van der Waals surface area contributed by atoms with E-state index >= 15 is 0 Å². The van der Waals surface area contributed by atoms with E-state index in [1.54, 1.807) is 12.1 Å². The first-order chi connectivity index (χ1) is 8.82. The highest BCUT2D eigenvalue weighted by Gasteiger charge is 2.30. The van der Waals surface area contributed by atoms with Crippen molar-refractivity contribution in [1.29, 1.82) is 0 Å². The first-order valence-corrected chi connectivity index (χ1v) is 9.06. The first-order valence-electron chi connectivity index (χ1n) is 6.03. The molecule has 1 unspecified atom stereocenters. The molecular weight excluding hydrogens is 396 g/mol. The van der Waals surface area contributed by atoms with Crippen molar-refractivity contribution >= 4 is 41.9 Å². The van der Waals surface area contributed by atoms with Gasteiger partial charge >= 0.3 is 0 Å². The third kappa shape index (κ3) is 3.21. The van der Waals surface area contributed by atoms with E-state index in [0.717, 1.165) is 22.9 Å². The first kappa shape index (κ1) is 15.4. The van der Waals surface area contributed by atoms with Crippen LogP contribution in [0.1, 0.15) is 18.4 Å². The van der Waals surface area contributed by atoms with Crippen LogP contribution in [0.2, 0.25) is 0 Å². The number of hydrogen-bond acceptors (Lipinski definition) is 3. The molecule has 2 rings (SSSR count). The number of aryl methyl sites for hydroxylation is 1. The van der Waals surface area contributed by atoms with Gasteiger partial charge in [0.15, 0.2) is 0 Å². The molecule has 0 amide bonds. The summed E-state index contributed by atoms with van der Waals surface area (Å²) in [6.07, 6.45) is 1.69. The number of nitrogens with two attached hydrogens (primary N) is 1. The van der Waals surface area contributed by atoms with Gasteiger partial charge in [-0.25, -0.2) is 8.42 Å². The Morgan fingerprint density at radius 1 is 1.32 bits per heavy atom. The molecule has 7 heteroatoms. The minimum atomic E-state index is -3.49. The average Bonchev–Trinajstić information content (AvgIpc) is 2.33. The normalized spacial score (nSPS) is 21.6. The minimum Gasteiger partial charge on any atom is -0.327 e. The predicted octanol–water partition coefficient (Wildman–Crippen LogP) is 2.63. The molecule has 0 saturated carbocycles. The molecule has 1 atom stereocenters. The smallest absolute Gasteiger partial charge is 0.244 e. The van der Waals surface area contributed by atoms with E-state index in [1.165, 1.54) is 4.31 Å². The SMILES string of the molecule is Cc1cc(Br)c(S(=O)(=O)N2CCCC(N)C2)cc1Br. The predicted molar refractivity (Wildman–Crippen MR) is 82.5 cm³/mol. The van der Waals surface area contributed by atoms with E-state index in [-0.39, 0.29) is 6.04 Å². The van der Waals surface area contributed by atoms with Crippen LogP contribution in [0.15, 0.2) is 26.0 Å². The molecule has 106 valence electrons. The van der Waals surface area contributed by atoms with Crippen molar-refractivity contribution < 1.29 is 8.42 Å². The second-order valence-electron chi connectivity index (χ2n) is 4.80. The fourth-order valence-corrected chi connectivity index (χ4v) is 5.33. The Morgan fingerprint density at radius 2 is 2.00 bits per heavy atom. The van der Waals surface area contributed by atoms with E-state index in [0.29, 0.717) is 22.5 Å². The second-order valence-corrected chi connectivity index (χ2v) is 8.41. The highest BCUT2D eigenvalue weighted by molar-refractivity contribution is 9.11. The molecule has 0 radical (unpaired) electrons. The monoisotopic (exact) mass is 410 g/mol. The third-order valence-corrected chi connectivity index (χ3v) is 6.93.